The zero-order chi connectivity index (χ0) is 16.1. The molecule has 2 aromatic rings. The van der Waals surface area contributed by atoms with Crippen molar-refractivity contribution in [2.45, 2.75) is 0 Å². The predicted molar refractivity (Wildman–Crippen MR) is 83.1 cm³/mol. The fraction of sp³-hybridized carbons (Fsp3) is 0.0667. The number of methoxy groups -OCH3 is 1. The Labute approximate surface area is 130 Å². The Kier molecular flexibility index (Phi) is 4.80. The van der Waals surface area contributed by atoms with Crippen molar-refractivity contribution in [3.8, 4) is 11.5 Å². The SMILES string of the molecule is COC(=O)c1sccc1NC(=O)C=Cc1ccc(O)c(O)c1. The lowest BCUT2D eigenvalue weighted by molar-refractivity contribution is -0.111. The minimum atomic E-state index is -0.516. The minimum absolute atomic E-state index is 0.234. The number of thiophene rings is 1. The van der Waals surface area contributed by atoms with Crippen LogP contribution in [0, 0.1) is 0 Å². The smallest absolute Gasteiger partial charge is 0.350 e. The molecule has 0 atom stereocenters. The molecule has 0 spiro atoms. The van der Waals surface area contributed by atoms with Crippen LogP contribution in [0.3, 0.4) is 0 Å². The number of aromatic hydroxyl groups is 2. The fourth-order valence-corrected chi connectivity index (χ4v) is 2.41. The number of phenols is 2. The monoisotopic (exact) mass is 319 g/mol. The zero-order valence-corrected chi connectivity index (χ0v) is 12.4. The molecule has 0 aliphatic heterocycles. The number of phenolic OH excluding ortho intramolecular Hbond substituents is 2. The molecule has 0 radical (unpaired) electrons. The number of hydrogen-bond acceptors (Lipinski definition) is 6. The van der Waals surface area contributed by atoms with Crippen molar-refractivity contribution in [1.82, 2.24) is 0 Å². The molecule has 0 fully saturated rings. The van der Waals surface area contributed by atoms with Gasteiger partial charge >= 0.3 is 5.97 Å². The van der Waals surface area contributed by atoms with Gasteiger partial charge < -0.3 is 20.3 Å². The molecule has 2 rings (SSSR count). The van der Waals surface area contributed by atoms with Crippen molar-refractivity contribution >= 4 is 35.0 Å². The van der Waals surface area contributed by atoms with Crippen LogP contribution in [0.5, 0.6) is 11.5 Å². The second kappa shape index (κ2) is 6.77. The summed E-state index contributed by atoms with van der Waals surface area (Å²) >= 11 is 1.17. The van der Waals surface area contributed by atoms with E-state index in [1.807, 2.05) is 0 Å². The molecule has 1 aromatic heterocycles. The van der Waals surface area contributed by atoms with E-state index in [0.29, 0.717) is 16.1 Å². The van der Waals surface area contributed by atoms with E-state index in [0.717, 1.165) is 0 Å². The maximum atomic E-state index is 11.8. The zero-order valence-electron chi connectivity index (χ0n) is 11.6. The van der Waals surface area contributed by atoms with E-state index < -0.39 is 11.9 Å². The summed E-state index contributed by atoms with van der Waals surface area (Å²) in [5.41, 5.74) is 0.920. The first-order chi connectivity index (χ1) is 10.5. The lowest BCUT2D eigenvalue weighted by Gasteiger charge is -2.03. The van der Waals surface area contributed by atoms with Gasteiger partial charge in [-0.2, -0.15) is 0 Å². The van der Waals surface area contributed by atoms with Crippen molar-refractivity contribution in [3.63, 3.8) is 0 Å². The lowest BCUT2D eigenvalue weighted by Crippen LogP contribution is -2.10. The van der Waals surface area contributed by atoms with Crippen LogP contribution < -0.4 is 5.32 Å². The lowest BCUT2D eigenvalue weighted by atomic mass is 10.2. The van der Waals surface area contributed by atoms with E-state index in [4.69, 9.17) is 0 Å². The number of anilines is 1. The van der Waals surface area contributed by atoms with Crippen molar-refractivity contribution < 1.29 is 24.5 Å². The number of carbonyl (C=O) groups is 2. The van der Waals surface area contributed by atoms with Crippen molar-refractivity contribution in [2.24, 2.45) is 0 Å². The average molecular weight is 319 g/mol. The summed E-state index contributed by atoms with van der Waals surface area (Å²) in [6.45, 7) is 0. The molecule has 114 valence electrons. The maximum Gasteiger partial charge on any atom is 0.350 e. The molecule has 6 nitrogen and oxygen atoms in total. The van der Waals surface area contributed by atoms with Gasteiger partial charge in [-0.3, -0.25) is 4.79 Å². The Bertz CT molecular complexity index is 735. The van der Waals surface area contributed by atoms with Gasteiger partial charge in [0, 0.05) is 6.08 Å². The summed E-state index contributed by atoms with van der Waals surface area (Å²) in [7, 11) is 1.27. The van der Waals surface area contributed by atoms with Crippen LogP contribution in [0.25, 0.3) is 6.08 Å². The van der Waals surface area contributed by atoms with Gasteiger partial charge in [0.15, 0.2) is 11.5 Å². The van der Waals surface area contributed by atoms with Crippen LogP contribution in [-0.2, 0) is 9.53 Å². The van der Waals surface area contributed by atoms with E-state index in [1.165, 1.54) is 42.7 Å². The van der Waals surface area contributed by atoms with Crippen LogP contribution in [0.4, 0.5) is 5.69 Å². The summed E-state index contributed by atoms with van der Waals surface area (Å²) in [6, 6.07) is 5.79. The Morgan fingerprint density at radius 2 is 2.00 bits per heavy atom. The third-order valence-corrected chi connectivity index (χ3v) is 3.61. The van der Waals surface area contributed by atoms with Crippen LogP contribution in [0.1, 0.15) is 15.2 Å². The minimum Gasteiger partial charge on any atom is -0.504 e. The van der Waals surface area contributed by atoms with Gasteiger partial charge in [-0.05, 0) is 35.2 Å². The summed E-state index contributed by atoms with van der Waals surface area (Å²) < 4.78 is 4.62. The maximum absolute atomic E-state index is 11.8. The van der Waals surface area contributed by atoms with Crippen molar-refractivity contribution in [1.29, 1.82) is 0 Å². The number of amides is 1. The molecular weight excluding hydrogens is 306 g/mol. The van der Waals surface area contributed by atoms with E-state index in [2.05, 4.69) is 10.1 Å². The molecule has 0 aliphatic rings. The number of rotatable bonds is 4. The molecule has 0 saturated carbocycles. The number of hydrogen-bond donors (Lipinski definition) is 3. The first-order valence-corrected chi connectivity index (χ1v) is 7.06. The highest BCUT2D eigenvalue weighted by atomic mass is 32.1. The average Bonchev–Trinajstić information content (AvgIpc) is 2.95. The molecule has 1 amide bonds. The molecule has 0 saturated heterocycles. The molecular formula is C15H13NO5S. The van der Waals surface area contributed by atoms with Gasteiger partial charge in [-0.25, -0.2) is 4.79 Å². The largest absolute Gasteiger partial charge is 0.504 e. The van der Waals surface area contributed by atoms with Crippen LogP contribution in [-0.4, -0.2) is 29.2 Å². The molecule has 0 unspecified atom stereocenters. The quantitative estimate of drug-likeness (QED) is 0.457. The third-order valence-electron chi connectivity index (χ3n) is 2.72. The Morgan fingerprint density at radius 1 is 1.23 bits per heavy atom. The van der Waals surface area contributed by atoms with Crippen LogP contribution in [0.15, 0.2) is 35.7 Å². The van der Waals surface area contributed by atoms with Crippen LogP contribution >= 0.6 is 11.3 Å². The van der Waals surface area contributed by atoms with E-state index in [1.54, 1.807) is 17.5 Å². The highest BCUT2D eigenvalue weighted by Gasteiger charge is 2.14. The molecule has 7 heteroatoms. The predicted octanol–water partition coefficient (Wildman–Crippen LogP) is 2.60. The Hall–Kier alpha value is -2.80. The number of esters is 1. The van der Waals surface area contributed by atoms with Crippen LogP contribution in [0.2, 0.25) is 0 Å². The number of ether oxygens (including phenoxy) is 1. The summed E-state index contributed by atoms with van der Waals surface area (Å²) in [6.07, 6.45) is 2.73. The molecule has 3 N–H and O–H groups in total. The van der Waals surface area contributed by atoms with E-state index in [9.17, 15) is 19.8 Å². The van der Waals surface area contributed by atoms with Crippen molar-refractivity contribution in [2.75, 3.05) is 12.4 Å². The first-order valence-electron chi connectivity index (χ1n) is 6.18. The fourth-order valence-electron chi connectivity index (χ4n) is 1.65. The highest BCUT2D eigenvalue weighted by Crippen LogP contribution is 2.26. The summed E-state index contributed by atoms with van der Waals surface area (Å²) in [4.78, 5) is 23.6. The van der Waals surface area contributed by atoms with E-state index >= 15 is 0 Å². The number of nitrogens with one attached hydrogen (secondary N) is 1. The first kappa shape index (κ1) is 15.6. The van der Waals surface area contributed by atoms with Gasteiger partial charge in [-0.15, -0.1) is 11.3 Å². The standard InChI is InChI=1S/C15H13NO5S/c1-21-15(20)14-10(6-7-22-14)16-13(19)5-3-9-2-4-11(17)12(18)8-9/h2-8,17-18H,1H3,(H,16,19). The number of benzene rings is 1. The molecule has 22 heavy (non-hydrogen) atoms. The Morgan fingerprint density at radius 3 is 2.68 bits per heavy atom. The van der Waals surface area contributed by atoms with Gasteiger partial charge in [0.1, 0.15) is 4.88 Å². The Balaban J connectivity index is 2.07. The normalized spacial score (nSPS) is 10.6. The highest BCUT2D eigenvalue weighted by molar-refractivity contribution is 7.12. The molecule has 0 aliphatic carbocycles. The van der Waals surface area contributed by atoms with Crippen molar-refractivity contribution in [3.05, 3.63) is 46.2 Å². The topological polar surface area (TPSA) is 95.9 Å². The van der Waals surface area contributed by atoms with Gasteiger partial charge in [-0.1, -0.05) is 6.07 Å². The second-order valence-electron chi connectivity index (χ2n) is 4.23. The molecule has 1 aromatic carbocycles. The molecule has 1 heterocycles. The van der Waals surface area contributed by atoms with Gasteiger partial charge in [0.05, 0.1) is 12.8 Å². The van der Waals surface area contributed by atoms with E-state index in [-0.39, 0.29) is 11.5 Å². The van der Waals surface area contributed by atoms with Gasteiger partial charge in [0.2, 0.25) is 5.91 Å². The molecule has 0 bridgehead atoms. The van der Waals surface area contributed by atoms with Gasteiger partial charge in [0.25, 0.3) is 0 Å². The summed E-state index contributed by atoms with van der Waals surface area (Å²) in [5.74, 6) is -1.45. The summed E-state index contributed by atoms with van der Waals surface area (Å²) in [5, 5.41) is 22.8. The number of carbonyl (C=O) groups excluding carboxylic acids is 2. The second-order valence-corrected chi connectivity index (χ2v) is 5.14. The third kappa shape index (κ3) is 3.64.